The van der Waals surface area contributed by atoms with E-state index in [0.29, 0.717) is 16.3 Å². The average molecular weight is 289 g/mol. The number of carbonyl (C=O) groups is 1. The minimum absolute atomic E-state index is 0.174. The summed E-state index contributed by atoms with van der Waals surface area (Å²) in [5.41, 5.74) is 8.61. The van der Waals surface area contributed by atoms with Gasteiger partial charge in [0.05, 0.1) is 16.3 Å². The fourth-order valence-corrected chi connectivity index (χ4v) is 2.18. The molecule has 20 heavy (non-hydrogen) atoms. The third kappa shape index (κ3) is 2.78. The maximum atomic E-state index is 12.5. The van der Waals surface area contributed by atoms with Crippen LogP contribution in [0.5, 0.6) is 0 Å². The van der Waals surface area contributed by atoms with Gasteiger partial charge in [-0.2, -0.15) is 0 Å². The van der Waals surface area contributed by atoms with Crippen molar-refractivity contribution in [1.82, 2.24) is 0 Å². The van der Waals surface area contributed by atoms with Crippen molar-refractivity contribution in [3.05, 3.63) is 58.6 Å². The molecular formula is C16H17ClN2O. The smallest absolute Gasteiger partial charge is 0.259 e. The highest BCUT2D eigenvalue weighted by Crippen LogP contribution is 2.25. The van der Waals surface area contributed by atoms with Crippen LogP contribution in [-0.4, -0.2) is 13.0 Å². The monoisotopic (exact) mass is 288 g/mol. The van der Waals surface area contributed by atoms with Crippen LogP contribution < -0.4 is 10.6 Å². The Morgan fingerprint density at radius 3 is 2.45 bits per heavy atom. The summed E-state index contributed by atoms with van der Waals surface area (Å²) < 4.78 is 0. The van der Waals surface area contributed by atoms with Gasteiger partial charge in [-0.25, -0.2) is 0 Å². The molecule has 0 bridgehead atoms. The summed E-state index contributed by atoms with van der Waals surface area (Å²) in [5, 5.41) is 0.300. The SMILES string of the molecule is CCc1ccc(N(C)C(=O)c2cccc(N)c2Cl)cc1. The zero-order chi connectivity index (χ0) is 14.7. The van der Waals surface area contributed by atoms with Crippen LogP contribution in [-0.2, 0) is 6.42 Å². The first-order valence-electron chi connectivity index (χ1n) is 6.45. The predicted octanol–water partition coefficient (Wildman–Crippen LogP) is 3.76. The first kappa shape index (κ1) is 14.4. The first-order valence-corrected chi connectivity index (χ1v) is 6.83. The van der Waals surface area contributed by atoms with E-state index in [9.17, 15) is 4.79 Å². The molecule has 0 saturated carbocycles. The van der Waals surface area contributed by atoms with Crippen molar-refractivity contribution in [2.75, 3.05) is 17.7 Å². The molecule has 2 aromatic carbocycles. The number of hydrogen-bond donors (Lipinski definition) is 1. The Morgan fingerprint density at radius 1 is 1.20 bits per heavy atom. The number of carbonyl (C=O) groups excluding carboxylic acids is 1. The number of nitrogen functional groups attached to an aromatic ring is 1. The van der Waals surface area contributed by atoms with E-state index in [-0.39, 0.29) is 5.91 Å². The highest BCUT2D eigenvalue weighted by molar-refractivity contribution is 6.36. The fourth-order valence-electron chi connectivity index (χ4n) is 1.97. The topological polar surface area (TPSA) is 46.3 Å². The number of benzene rings is 2. The van der Waals surface area contributed by atoms with Crippen molar-refractivity contribution in [2.24, 2.45) is 0 Å². The van der Waals surface area contributed by atoms with E-state index >= 15 is 0 Å². The second kappa shape index (κ2) is 5.97. The number of aryl methyl sites for hydroxylation is 1. The van der Waals surface area contributed by atoms with E-state index in [1.54, 1.807) is 30.1 Å². The number of anilines is 2. The van der Waals surface area contributed by atoms with Gasteiger partial charge in [0.25, 0.3) is 5.91 Å². The van der Waals surface area contributed by atoms with E-state index in [4.69, 9.17) is 17.3 Å². The fraction of sp³-hybridized carbons (Fsp3) is 0.188. The Balaban J connectivity index is 2.29. The molecule has 1 amide bonds. The van der Waals surface area contributed by atoms with Gasteiger partial charge in [-0.15, -0.1) is 0 Å². The maximum absolute atomic E-state index is 12.5. The highest BCUT2D eigenvalue weighted by Gasteiger charge is 2.17. The molecule has 0 spiro atoms. The normalized spacial score (nSPS) is 10.3. The summed E-state index contributed by atoms with van der Waals surface area (Å²) in [4.78, 5) is 14.0. The number of nitrogens with two attached hydrogens (primary N) is 1. The number of amides is 1. The van der Waals surface area contributed by atoms with E-state index in [1.807, 2.05) is 24.3 Å². The van der Waals surface area contributed by atoms with Crippen LogP contribution >= 0.6 is 11.6 Å². The van der Waals surface area contributed by atoms with Crippen molar-refractivity contribution in [2.45, 2.75) is 13.3 Å². The molecule has 0 aliphatic rings. The molecular weight excluding hydrogens is 272 g/mol. The van der Waals surface area contributed by atoms with Crippen molar-refractivity contribution in [3.8, 4) is 0 Å². The summed E-state index contributed by atoms with van der Waals surface area (Å²) in [6, 6.07) is 13.0. The molecule has 0 saturated heterocycles. The van der Waals surface area contributed by atoms with Crippen molar-refractivity contribution in [3.63, 3.8) is 0 Å². The molecule has 104 valence electrons. The molecule has 0 unspecified atom stereocenters. The lowest BCUT2D eigenvalue weighted by Crippen LogP contribution is -2.26. The summed E-state index contributed by atoms with van der Waals surface area (Å²) in [6.45, 7) is 2.09. The van der Waals surface area contributed by atoms with Crippen LogP contribution in [0.3, 0.4) is 0 Å². The number of hydrogen-bond acceptors (Lipinski definition) is 2. The minimum Gasteiger partial charge on any atom is -0.398 e. The van der Waals surface area contributed by atoms with Crippen LogP contribution in [0.15, 0.2) is 42.5 Å². The van der Waals surface area contributed by atoms with Gasteiger partial charge in [0, 0.05) is 12.7 Å². The lowest BCUT2D eigenvalue weighted by Gasteiger charge is -2.18. The zero-order valence-electron chi connectivity index (χ0n) is 11.6. The highest BCUT2D eigenvalue weighted by atomic mass is 35.5. The van der Waals surface area contributed by atoms with Crippen LogP contribution in [0.1, 0.15) is 22.8 Å². The molecule has 0 fully saturated rings. The van der Waals surface area contributed by atoms with E-state index in [1.165, 1.54) is 5.56 Å². The Labute approximate surface area is 124 Å². The lowest BCUT2D eigenvalue weighted by atomic mass is 10.1. The van der Waals surface area contributed by atoms with Crippen LogP contribution in [0.2, 0.25) is 5.02 Å². The standard InChI is InChI=1S/C16H17ClN2O/c1-3-11-7-9-12(10-8-11)19(2)16(20)13-5-4-6-14(18)15(13)17/h4-10H,3,18H2,1-2H3. The van der Waals surface area contributed by atoms with Crippen LogP contribution in [0.4, 0.5) is 11.4 Å². The van der Waals surface area contributed by atoms with E-state index in [0.717, 1.165) is 12.1 Å². The van der Waals surface area contributed by atoms with Gasteiger partial charge in [-0.05, 0) is 36.2 Å². The van der Waals surface area contributed by atoms with Gasteiger partial charge in [0.1, 0.15) is 0 Å². The molecule has 0 heterocycles. The van der Waals surface area contributed by atoms with Gasteiger partial charge in [-0.1, -0.05) is 36.7 Å². The lowest BCUT2D eigenvalue weighted by molar-refractivity contribution is 0.0993. The second-order valence-corrected chi connectivity index (χ2v) is 4.97. The quantitative estimate of drug-likeness (QED) is 0.874. The Hall–Kier alpha value is -2.00. The van der Waals surface area contributed by atoms with E-state index in [2.05, 4.69) is 6.92 Å². The number of halogens is 1. The minimum atomic E-state index is -0.174. The largest absolute Gasteiger partial charge is 0.398 e. The molecule has 0 radical (unpaired) electrons. The number of nitrogens with zero attached hydrogens (tertiary/aromatic N) is 1. The molecule has 0 aliphatic heterocycles. The van der Waals surface area contributed by atoms with Crippen molar-refractivity contribution >= 4 is 28.9 Å². The van der Waals surface area contributed by atoms with Gasteiger partial charge >= 0.3 is 0 Å². The molecule has 0 aromatic heterocycles. The summed E-state index contributed by atoms with van der Waals surface area (Å²) in [6.07, 6.45) is 0.971. The Kier molecular flexibility index (Phi) is 4.30. The van der Waals surface area contributed by atoms with Crippen molar-refractivity contribution < 1.29 is 4.79 Å². The van der Waals surface area contributed by atoms with Gasteiger partial charge in [-0.3, -0.25) is 4.79 Å². The molecule has 0 atom stereocenters. The van der Waals surface area contributed by atoms with Gasteiger partial charge in [0.2, 0.25) is 0 Å². The molecule has 0 aliphatic carbocycles. The van der Waals surface area contributed by atoms with Crippen molar-refractivity contribution in [1.29, 1.82) is 0 Å². The molecule has 2 N–H and O–H groups in total. The summed E-state index contributed by atoms with van der Waals surface area (Å²) >= 11 is 6.09. The molecule has 3 nitrogen and oxygen atoms in total. The van der Waals surface area contributed by atoms with Gasteiger partial charge < -0.3 is 10.6 Å². The first-order chi connectivity index (χ1) is 9.54. The predicted molar refractivity (Wildman–Crippen MR) is 84.4 cm³/mol. The summed E-state index contributed by atoms with van der Waals surface area (Å²) in [7, 11) is 1.73. The average Bonchev–Trinajstić information content (AvgIpc) is 2.48. The Bertz CT molecular complexity index is 623. The third-order valence-corrected chi connectivity index (χ3v) is 3.72. The molecule has 2 rings (SSSR count). The Morgan fingerprint density at radius 2 is 1.85 bits per heavy atom. The zero-order valence-corrected chi connectivity index (χ0v) is 12.3. The van der Waals surface area contributed by atoms with Gasteiger partial charge in [0.15, 0.2) is 0 Å². The molecule has 4 heteroatoms. The van der Waals surface area contributed by atoms with Crippen LogP contribution in [0, 0.1) is 0 Å². The van der Waals surface area contributed by atoms with E-state index < -0.39 is 0 Å². The molecule has 2 aromatic rings. The van der Waals surface area contributed by atoms with Crippen LogP contribution in [0.25, 0.3) is 0 Å². The maximum Gasteiger partial charge on any atom is 0.259 e. The third-order valence-electron chi connectivity index (χ3n) is 3.30. The second-order valence-electron chi connectivity index (χ2n) is 4.59. The number of rotatable bonds is 3. The summed E-state index contributed by atoms with van der Waals surface area (Å²) in [5.74, 6) is -0.174.